The number of nitrogens with one attached hydrogen (secondary N) is 1. The highest BCUT2D eigenvalue weighted by molar-refractivity contribution is 7.90. The molecule has 0 aliphatic carbocycles. The highest BCUT2D eigenvalue weighted by atomic mass is 32.2. The Balaban J connectivity index is 1.72. The number of nitrogens with zero attached hydrogens (tertiary/aromatic N) is 2. The van der Waals surface area contributed by atoms with Crippen LogP contribution in [-0.4, -0.2) is 24.3 Å². The third kappa shape index (κ3) is 5.69. The molecule has 0 saturated heterocycles. The van der Waals surface area contributed by atoms with Crippen LogP contribution in [0.2, 0.25) is 0 Å². The van der Waals surface area contributed by atoms with Gasteiger partial charge in [0, 0.05) is 12.1 Å². The minimum atomic E-state index is -4.27. The molecule has 184 valence electrons. The molecule has 0 fully saturated rings. The summed E-state index contributed by atoms with van der Waals surface area (Å²) in [5.41, 5.74) is 10.1. The average Bonchev–Trinajstić information content (AvgIpc) is 2.82. The van der Waals surface area contributed by atoms with E-state index in [0.29, 0.717) is 17.9 Å². The second-order valence-electron chi connectivity index (χ2n) is 8.48. The van der Waals surface area contributed by atoms with Crippen molar-refractivity contribution in [2.75, 3.05) is 5.73 Å². The summed E-state index contributed by atoms with van der Waals surface area (Å²) in [5.74, 6) is -0.312. The molecule has 4 rings (SSSR count). The number of benzene rings is 2. The number of aromatic nitrogens is 2. The maximum absolute atomic E-state index is 13.2. The third-order valence-corrected chi connectivity index (χ3v) is 6.67. The first-order valence-electron chi connectivity index (χ1n) is 11.2. The number of hydrogen-bond donors (Lipinski definition) is 2. The molecule has 8 nitrogen and oxygen atoms in total. The standard InChI is InChI=1S/C27H26N4O4S/c1-17-14-18(2)25(19(3)15-17)35-27-22(13-12-21(29-27)16-20-8-5-4-6-9-20)26(32)31-36(33,34)24-11-7-10-23(28)30-24/h4-15H,16H2,1-3H3,(H2,28,30)(H,31,32). The normalized spacial score (nSPS) is 11.2. The predicted molar refractivity (Wildman–Crippen MR) is 138 cm³/mol. The lowest BCUT2D eigenvalue weighted by Gasteiger charge is -2.16. The van der Waals surface area contributed by atoms with Gasteiger partial charge in [0.2, 0.25) is 5.88 Å². The summed E-state index contributed by atoms with van der Waals surface area (Å²) in [5, 5.41) is -0.364. The van der Waals surface area contributed by atoms with E-state index in [4.69, 9.17) is 10.5 Å². The summed E-state index contributed by atoms with van der Waals surface area (Å²) in [6.45, 7) is 5.79. The van der Waals surface area contributed by atoms with Gasteiger partial charge in [0.15, 0.2) is 5.03 Å². The largest absolute Gasteiger partial charge is 0.438 e. The quantitative estimate of drug-likeness (QED) is 0.382. The number of aryl methyl sites for hydroxylation is 3. The molecule has 0 saturated carbocycles. The Kier molecular flexibility index (Phi) is 7.03. The minimum Gasteiger partial charge on any atom is -0.438 e. The van der Waals surface area contributed by atoms with Crippen molar-refractivity contribution in [1.29, 1.82) is 0 Å². The Morgan fingerprint density at radius 3 is 2.28 bits per heavy atom. The fraction of sp³-hybridized carbons (Fsp3) is 0.148. The zero-order valence-corrected chi connectivity index (χ0v) is 21.0. The number of sulfonamides is 1. The van der Waals surface area contributed by atoms with Gasteiger partial charge in [0.1, 0.15) is 17.1 Å². The minimum absolute atomic E-state index is 0.00622. The number of amides is 1. The van der Waals surface area contributed by atoms with Gasteiger partial charge in [0.05, 0.1) is 0 Å². The monoisotopic (exact) mass is 502 g/mol. The van der Waals surface area contributed by atoms with Crippen LogP contribution in [-0.2, 0) is 16.4 Å². The molecule has 2 aromatic heterocycles. The molecule has 4 aromatic rings. The Labute approximate surface area is 210 Å². The number of anilines is 1. The average molecular weight is 503 g/mol. The van der Waals surface area contributed by atoms with Crippen molar-refractivity contribution in [1.82, 2.24) is 14.7 Å². The first-order chi connectivity index (χ1) is 17.1. The molecular formula is C27H26N4O4S. The van der Waals surface area contributed by atoms with E-state index in [-0.39, 0.29) is 22.3 Å². The van der Waals surface area contributed by atoms with Crippen molar-refractivity contribution in [3.63, 3.8) is 0 Å². The molecule has 2 heterocycles. The number of hydrogen-bond acceptors (Lipinski definition) is 7. The third-order valence-electron chi connectivity index (χ3n) is 5.44. The van der Waals surface area contributed by atoms with Crippen LogP contribution in [0.5, 0.6) is 11.6 Å². The molecule has 36 heavy (non-hydrogen) atoms. The van der Waals surface area contributed by atoms with Crippen molar-refractivity contribution in [3.8, 4) is 11.6 Å². The summed E-state index contributed by atoms with van der Waals surface area (Å²) in [7, 11) is -4.27. The van der Waals surface area contributed by atoms with Crippen molar-refractivity contribution in [3.05, 3.63) is 106 Å². The number of nitrogens with two attached hydrogens (primary N) is 1. The van der Waals surface area contributed by atoms with E-state index in [0.717, 1.165) is 22.3 Å². The van der Waals surface area contributed by atoms with Crippen LogP contribution in [0.4, 0.5) is 5.82 Å². The molecule has 1 amide bonds. The first-order valence-corrected chi connectivity index (χ1v) is 12.7. The fourth-order valence-electron chi connectivity index (χ4n) is 3.87. The van der Waals surface area contributed by atoms with Crippen molar-refractivity contribution >= 4 is 21.7 Å². The lowest BCUT2D eigenvalue weighted by molar-refractivity contribution is 0.0978. The van der Waals surface area contributed by atoms with Crippen LogP contribution in [0.1, 0.15) is 38.3 Å². The van der Waals surface area contributed by atoms with Crippen LogP contribution >= 0.6 is 0 Å². The van der Waals surface area contributed by atoms with Gasteiger partial charge in [-0.25, -0.2) is 14.7 Å². The molecule has 0 aliphatic heterocycles. The lowest BCUT2D eigenvalue weighted by Crippen LogP contribution is -2.31. The second kappa shape index (κ2) is 10.2. The van der Waals surface area contributed by atoms with E-state index in [1.54, 1.807) is 6.07 Å². The Hall–Kier alpha value is -4.24. The fourth-order valence-corrected chi connectivity index (χ4v) is 4.81. The Morgan fingerprint density at radius 2 is 1.61 bits per heavy atom. The summed E-state index contributed by atoms with van der Waals surface area (Å²) in [6, 6.07) is 21.0. The van der Waals surface area contributed by atoms with Gasteiger partial charge in [-0.15, -0.1) is 0 Å². The molecule has 9 heteroatoms. The number of carbonyl (C=O) groups is 1. The topological polar surface area (TPSA) is 124 Å². The molecule has 2 aromatic carbocycles. The molecule has 0 radical (unpaired) electrons. The van der Waals surface area contributed by atoms with E-state index in [1.165, 1.54) is 24.3 Å². The summed E-state index contributed by atoms with van der Waals surface area (Å²) in [4.78, 5) is 21.5. The van der Waals surface area contributed by atoms with Gasteiger partial charge in [-0.2, -0.15) is 8.42 Å². The second-order valence-corrected chi connectivity index (χ2v) is 10.1. The molecule has 3 N–H and O–H groups in total. The van der Waals surface area contributed by atoms with Gasteiger partial charge in [0.25, 0.3) is 15.9 Å². The van der Waals surface area contributed by atoms with Gasteiger partial charge in [-0.1, -0.05) is 54.1 Å². The molecular weight excluding hydrogens is 476 g/mol. The number of pyridine rings is 2. The zero-order chi connectivity index (χ0) is 25.9. The lowest BCUT2D eigenvalue weighted by atomic mass is 10.1. The SMILES string of the molecule is Cc1cc(C)c(Oc2nc(Cc3ccccc3)ccc2C(=O)NS(=O)(=O)c2cccc(N)n2)c(C)c1. The Morgan fingerprint density at radius 1 is 0.917 bits per heavy atom. The van der Waals surface area contributed by atoms with Crippen LogP contribution in [0.3, 0.4) is 0 Å². The molecule has 0 bridgehead atoms. The number of rotatable bonds is 7. The highest BCUT2D eigenvalue weighted by Crippen LogP contribution is 2.31. The van der Waals surface area contributed by atoms with E-state index in [2.05, 4.69) is 9.97 Å². The molecule has 0 atom stereocenters. The number of carbonyl (C=O) groups excluding carboxylic acids is 1. The highest BCUT2D eigenvalue weighted by Gasteiger charge is 2.24. The molecule has 0 spiro atoms. The Bertz CT molecular complexity index is 1510. The maximum atomic E-state index is 13.2. The van der Waals surface area contributed by atoms with Gasteiger partial charge in [-0.05, 0) is 61.7 Å². The van der Waals surface area contributed by atoms with E-state index < -0.39 is 15.9 Å². The van der Waals surface area contributed by atoms with Crippen molar-refractivity contribution in [2.24, 2.45) is 0 Å². The van der Waals surface area contributed by atoms with E-state index >= 15 is 0 Å². The van der Waals surface area contributed by atoms with Gasteiger partial charge in [-0.3, -0.25) is 4.79 Å². The molecule has 0 aliphatic rings. The molecule has 0 unspecified atom stereocenters. The number of nitrogen functional groups attached to an aromatic ring is 1. The first kappa shape index (κ1) is 24.9. The summed E-state index contributed by atoms with van der Waals surface area (Å²) in [6.07, 6.45) is 0.510. The van der Waals surface area contributed by atoms with Crippen molar-refractivity contribution < 1.29 is 17.9 Å². The van der Waals surface area contributed by atoms with Gasteiger partial charge < -0.3 is 10.5 Å². The van der Waals surface area contributed by atoms with E-state index in [9.17, 15) is 13.2 Å². The van der Waals surface area contributed by atoms with Crippen LogP contribution in [0, 0.1) is 20.8 Å². The van der Waals surface area contributed by atoms with Gasteiger partial charge >= 0.3 is 0 Å². The zero-order valence-electron chi connectivity index (χ0n) is 20.1. The van der Waals surface area contributed by atoms with E-state index in [1.807, 2.05) is 68.0 Å². The smallest absolute Gasteiger partial charge is 0.281 e. The number of ether oxygens (including phenoxy) is 1. The maximum Gasteiger partial charge on any atom is 0.281 e. The summed E-state index contributed by atoms with van der Waals surface area (Å²) < 4.78 is 33.8. The van der Waals surface area contributed by atoms with Crippen LogP contribution in [0.25, 0.3) is 0 Å². The van der Waals surface area contributed by atoms with Crippen molar-refractivity contribution in [2.45, 2.75) is 32.2 Å². The predicted octanol–water partition coefficient (Wildman–Crippen LogP) is 4.49. The van der Waals surface area contributed by atoms with Crippen LogP contribution in [0.15, 0.2) is 77.8 Å². The summed E-state index contributed by atoms with van der Waals surface area (Å²) >= 11 is 0. The van der Waals surface area contributed by atoms with Crippen LogP contribution < -0.4 is 15.2 Å².